The maximum absolute atomic E-state index is 13.0. The first kappa shape index (κ1) is 20.9. The molecule has 0 atom stereocenters. The highest BCUT2D eigenvalue weighted by Gasteiger charge is 2.45. The Balaban J connectivity index is 1.57. The number of halogens is 3. The molecule has 10 heteroatoms. The second kappa shape index (κ2) is 8.41. The molecule has 0 radical (unpaired) electrons. The summed E-state index contributed by atoms with van der Waals surface area (Å²) in [6, 6.07) is 5.92. The number of alkyl halides is 2. The molecule has 0 bridgehead atoms. The van der Waals surface area contributed by atoms with E-state index in [0.717, 1.165) is 45.6 Å². The van der Waals surface area contributed by atoms with Crippen LogP contribution in [0.5, 0.6) is 0 Å². The van der Waals surface area contributed by atoms with Crippen LogP contribution in [0.1, 0.15) is 24.5 Å². The van der Waals surface area contributed by atoms with E-state index in [-0.39, 0.29) is 16.4 Å². The molecule has 0 amide bonds. The van der Waals surface area contributed by atoms with E-state index in [2.05, 4.69) is 32.0 Å². The first-order valence-electron chi connectivity index (χ1n) is 9.70. The Labute approximate surface area is 178 Å². The van der Waals surface area contributed by atoms with Gasteiger partial charge in [0.05, 0.1) is 24.3 Å². The highest BCUT2D eigenvalue weighted by atomic mass is 35.5. The van der Waals surface area contributed by atoms with Gasteiger partial charge in [-0.1, -0.05) is 12.1 Å². The summed E-state index contributed by atoms with van der Waals surface area (Å²) in [6.07, 6.45) is -1.41. The number of hydrogen-bond acceptors (Lipinski definition) is 7. The van der Waals surface area contributed by atoms with Crippen LogP contribution in [0.2, 0.25) is 5.28 Å². The molecule has 30 heavy (non-hydrogen) atoms. The van der Waals surface area contributed by atoms with Gasteiger partial charge >= 0.3 is 0 Å². The smallest absolute Gasteiger partial charge is 0.263 e. The fourth-order valence-corrected chi connectivity index (χ4v) is 4.18. The molecule has 1 aromatic carbocycles. The summed E-state index contributed by atoms with van der Waals surface area (Å²) in [5, 5.41) is 10.9. The minimum absolute atomic E-state index is 0.000306. The van der Waals surface area contributed by atoms with Crippen molar-refractivity contribution < 1.29 is 13.5 Å². The lowest BCUT2D eigenvalue weighted by Crippen LogP contribution is -2.70. The lowest BCUT2D eigenvalue weighted by molar-refractivity contribution is -0.0266. The van der Waals surface area contributed by atoms with Gasteiger partial charge in [0.1, 0.15) is 11.6 Å². The van der Waals surface area contributed by atoms with Crippen LogP contribution in [0.25, 0.3) is 0 Å². The maximum atomic E-state index is 13.0. The lowest BCUT2D eigenvalue weighted by atomic mass is 9.89. The molecule has 2 fully saturated rings. The van der Waals surface area contributed by atoms with Crippen molar-refractivity contribution >= 4 is 35.1 Å². The summed E-state index contributed by atoms with van der Waals surface area (Å²) in [6.45, 7) is 6.91. The van der Waals surface area contributed by atoms with Gasteiger partial charge in [-0.15, -0.1) is 0 Å². The third kappa shape index (κ3) is 4.10. The van der Waals surface area contributed by atoms with Crippen LogP contribution in [0.4, 0.5) is 26.1 Å². The number of rotatable bonds is 6. The summed E-state index contributed by atoms with van der Waals surface area (Å²) in [5.74, 6) is 0.870. The van der Waals surface area contributed by atoms with Gasteiger partial charge in [-0.3, -0.25) is 4.90 Å². The van der Waals surface area contributed by atoms with E-state index in [1.54, 1.807) is 12.1 Å². The van der Waals surface area contributed by atoms with Crippen LogP contribution in [-0.2, 0) is 4.74 Å². The molecule has 1 aromatic heterocycles. The van der Waals surface area contributed by atoms with E-state index in [1.165, 1.54) is 12.1 Å². The lowest BCUT2D eigenvalue weighted by Gasteiger charge is -2.55. The van der Waals surface area contributed by atoms with Crippen molar-refractivity contribution in [2.24, 2.45) is 0 Å². The summed E-state index contributed by atoms with van der Waals surface area (Å²) < 4.78 is 31.5. The molecule has 2 aromatic rings. The molecule has 2 saturated heterocycles. The third-order valence-corrected chi connectivity index (χ3v) is 5.75. The molecule has 7 nitrogen and oxygen atoms in total. The van der Waals surface area contributed by atoms with Gasteiger partial charge in [-0.25, -0.2) is 8.78 Å². The second-order valence-corrected chi connectivity index (χ2v) is 8.06. The van der Waals surface area contributed by atoms with Crippen molar-refractivity contribution in [1.82, 2.24) is 14.9 Å². The number of aromatic nitrogens is 2. The van der Waals surface area contributed by atoms with Gasteiger partial charge in [0.15, 0.2) is 0 Å². The summed E-state index contributed by atoms with van der Waals surface area (Å²) >= 11 is 6.16. The number of morpholine rings is 1. The highest BCUT2D eigenvalue weighted by molar-refractivity contribution is 6.28. The van der Waals surface area contributed by atoms with Crippen LogP contribution in [0, 0.1) is 5.41 Å². The predicted molar refractivity (Wildman–Crippen MR) is 113 cm³/mol. The van der Waals surface area contributed by atoms with Crippen molar-refractivity contribution in [2.45, 2.75) is 18.9 Å². The Kier molecular flexibility index (Phi) is 5.86. The molecule has 4 rings (SSSR count). The molecule has 3 heterocycles. The first-order chi connectivity index (χ1) is 14.4. The van der Waals surface area contributed by atoms with Crippen molar-refractivity contribution in [3.05, 3.63) is 40.7 Å². The summed E-state index contributed by atoms with van der Waals surface area (Å²) in [7, 11) is 0. The number of nitrogens with zero attached hydrogens (tertiary/aromatic N) is 4. The SMILES string of the molecule is CC1(N2CCOCC2)CN(c2nc(Cl)nc(Nc3cccc(C(F)F)c3)c2C=N)C1. The van der Waals surface area contributed by atoms with E-state index in [4.69, 9.17) is 21.7 Å². The monoisotopic (exact) mass is 436 g/mol. The summed E-state index contributed by atoms with van der Waals surface area (Å²) in [4.78, 5) is 13.0. The number of benzene rings is 1. The summed E-state index contributed by atoms with van der Waals surface area (Å²) in [5.41, 5.74) is 0.810. The van der Waals surface area contributed by atoms with Gasteiger partial charge in [0.25, 0.3) is 6.43 Å². The molecule has 0 saturated carbocycles. The molecule has 2 aliphatic rings. The molecule has 160 valence electrons. The topological polar surface area (TPSA) is 77.4 Å². The number of ether oxygens (including phenoxy) is 1. The Morgan fingerprint density at radius 1 is 1.27 bits per heavy atom. The van der Waals surface area contributed by atoms with Crippen molar-refractivity contribution in [2.75, 3.05) is 49.6 Å². The Morgan fingerprint density at radius 2 is 2.00 bits per heavy atom. The molecule has 2 aliphatic heterocycles. The minimum Gasteiger partial charge on any atom is -0.379 e. The zero-order chi connectivity index (χ0) is 21.3. The average Bonchev–Trinajstić information content (AvgIpc) is 2.72. The van der Waals surface area contributed by atoms with Crippen molar-refractivity contribution in [1.29, 1.82) is 5.41 Å². The second-order valence-electron chi connectivity index (χ2n) is 7.73. The van der Waals surface area contributed by atoms with Gasteiger partial charge in [-0.2, -0.15) is 9.97 Å². The van der Waals surface area contributed by atoms with E-state index < -0.39 is 6.43 Å². The van der Waals surface area contributed by atoms with Crippen LogP contribution in [0.15, 0.2) is 24.3 Å². The van der Waals surface area contributed by atoms with Crippen molar-refractivity contribution in [3.8, 4) is 0 Å². The zero-order valence-corrected chi connectivity index (χ0v) is 17.3. The number of nitrogens with one attached hydrogen (secondary N) is 2. The van der Waals surface area contributed by atoms with Gasteiger partial charge in [0, 0.05) is 43.6 Å². The molecular formula is C20H23ClF2N6O. The average molecular weight is 437 g/mol. The Hall–Kier alpha value is -2.36. The number of hydrogen-bond donors (Lipinski definition) is 2. The van der Waals surface area contributed by atoms with Crippen LogP contribution in [0.3, 0.4) is 0 Å². The largest absolute Gasteiger partial charge is 0.379 e. The molecule has 0 unspecified atom stereocenters. The third-order valence-electron chi connectivity index (χ3n) is 5.58. The quantitative estimate of drug-likeness (QED) is 0.531. The van der Waals surface area contributed by atoms with E-state index in [0.29, 0.717) is 22.9 Å². The Morgan fingerprint density at radius 3 is 2.67 bits per heavy atom. The van der Waals surface area contributed by atoms with Gasteiger partial charge < -0.3 is 20.4 Å². The fraction of sp³-hybridized carbons (Fsp3) is 0.450. The molecular weight excluding hydrogens is 414 g/mol. The number of anilines is 3. The van der Waals surface area contributed by atoms with Crippen LogP contribution < -0.4 is 10.2 Å². The van der Waals surface area contributed by atoms with Crippen LogP contribution in [-0.4, -0.2) is 66.0 Å². The van der Waals surface area contributed by atoms with Crippen LogP contribution >= 0.6 is 11.6 Å². The molecule has 0 spiro atoms. The fourth-order valence-electron chi connectivity index (χ4n) is 4.02. The first-order valence-corrected chi connectivity index (χ1v) is 10.1. The standard InChI is InChI=1S/C20H23ClF2N6O/c1-20(29-5-7-30-8-6-29)11-28(12-20)18-15(10-24)17(26-19(21)27-18)25-14-4-2-3-13(9-14)16(22)23/h2-4,9-10,16,24H,5-8,11-12H2,1H3,(H,25,26,27). The normalized spacial score (nSPS) is 18.9. The van der Waals surface area contributed by atoms with E-state index in [1.807, 2.05) is 0 Å². The van der Waals surface area contributed by atoms with Gasteiger partial charge in [0.2, 0.25) is 5.28 Å². The van der Waals surface area contributed by atoms with Gasteiger partial charge in [-0.05, 0) is 30.7 Å². The minimum atomic E-state index is -2.57. The highest BCUT2D eigenvalue weighted by Crippen LogP contribution is 2.36. The Bertz CT molecular complexity index is 932. The van der Waals surface area contributed by atoms with Crippen molar-refractivity contribution in [3.63, 3.8) is 0 Å². The zero-order valence-electron chi connectivity index (χ0n) is 16.5. The molecule has 0 aliphatic carbocycles. The molecule has 2 N–H and O–H groups in total. The maximum Gasteiger partial charge on any atom is 0.263 e. The van der Waals surface area contributed by atoms with E-state index >= 15 is 0 Å². The predicted octanol–water partition coefficient (Wildman–Crippen LogP) is 3.72. The van der Waals surface area contributed by atoms with E-state index in [9.17, 15) is 8.78 Å².